The molecule has 122 valence electrons. The molecule has 1 aliphatic carbocycles. The second-order valence-electron chi connectivity index (χ2n) is 6.38. The smallest absolute Gasteiger partial charge is 0.241 e. The summed E-state index contributed by atoms with van der Waals surface area (Å²) in [7, 11) is 0. The van der Waals surface area contributed by atoms with Crippen LogP contribution in [0.5, 0.6) is 0 Å². The van der Waals surface area contributed by atoms with Gasteiger partial charge in [0.15, 0.2) is 0 Å². The van der Waals surface area contributed by atoms with Crippen LogP contribution >= 0.6 is 23.2 Å². The van der Waals surface area contributed by atoms with E-state index in [1.165, 1.54) is 12.8 Å². The molecule has 1 aromatic rings. The minimum absolute atomic E-state index is 0.0883. The van der Waals surface area contributed by atoms with Crippen LogP contribution in [0.15, 0.2) is 18.2 Å². The first-order chi connectivity index (χ1) is 10.4. The number of rotatable bonds is 4. The lowest BCUT2D eigenvalue weighted by molar-refractivity contribution is -0.118. The quantitative estimate of drug-likeness (QED) is 0.829. The molecule has 0 aromatic heterocycles. The Hall–Kier alpha value is -0.770. The molecular weight excluding hydrogens is 319 g/mol. The van der Waals surface area contributed by atoms with Crippen LogP contribution in [-0.4, -0.2) is 18.0 Å². The third-order valence-electron chi connectivity index (χ3n) is 4.75. The van der Waals surface area contributed by atoms with Gasteiger partial charge in [-0.1, -0.05) is 49.9 Å². The maximum absolute atomic E-state index is 12.4. The summed E-state index contributed by atoms with van der Waals surface area (Å²) in [6, 6.07) is 5.17. The summed E-state index contributed by atoms with van der Waals surface area (Å²) < 4.78 is 0. The number of carbonyl (C=O) groups excluding carboxylic acids is 1. The molecule has 1 aliphatic rings. The van der Waals surface area contributed by atoms with Crippen molar-refractivity contribution in [1.82, 2.24) is 5.32 Å². The molecule has 1 saturated carbocycles. The molecular formula is C17H24Cl2N2O. The summed E-state index contributed by atoms with van der Waals surface area (Å²) in [5, 5.41) is 7.35. The predicted molar refractivity (Wildman–Crippen MR) is 93.7 cm³/mol. The Kier molecular flexibility index (Phi) is 6.13. The fourth-order valence-corrected chi connectivity index (χ4v) is 3.39. The molecule has 0 saturated heterocycles. The van der Waals surface area contributed by atoms with Crippen molar-refractivity contribution in [2.75, 3.05) is 5.32 Å². The van der Waals surface area contributed by atoms with E-state index in [0.717, 1.165) is 6.42 Å². The van der Waals surface area contributed by atoms with E-state index in [4.69, 9.17) is 23.2 Å². The number of halogens is 2. The molecule has 0 spiro atoms. The van der Waals surface area contributed by atoms with Crippen molar-refractivity contribution in [2.45, 2.75) is 52.1 Å². The van der Waals surface area contributed by atoms with Crippen molar-refractivity contribution in [1.29, 1.82) is 0 Å². The van der Waals surface area contributed by atoms with Crippen molar-refractivity contribution in [2.24, 2.45) is 11.8 Å². The minimum Gasteiger partial charge on any atom is -0.323 e. The lowest BCUT2D eigenvalue weighted by atomic mass is 9.78. The van der Waals surface area contributed by atoms with Crippen LogP contribution < -0.4 is 10.6 Å². The van der Waals surface area contributed by atoms with E-state index in [1.807, 2.05) is 6.92 Å². The van der Waals surface area contributed by atoms with Gasteiger partial charge in [-0.25, -0.2) is 0 Å². The number of hydrogen-bond donors (Lipinski definition) is 2. The van der Waals surface area contributed by atoms with Crippen LogP contribution in [0.2, 0.25) is 10.0 Å². The first-order valence-electron chi connectivity index (χ1n) is 7.90. The molecule has 1 amide bonds. The highest BCUT2D eigenvalue weighted by molar-refractivity contribution is 6.35. The van der Waals surface area contributed by atoms with Crippen LogP contribution in [0.3, 0.4) is 0 Å². The Morgan fingerprint density at radius 3 is 2.73 bits per heavy atom. The number of nitrogens with one attached hydrogen (secondary N) is 2. The highest BCUT2D eigenvalue weighted by Gasteiger charge is 2.29. The number of hydrogen-bond acceptors (Lipinski definition) is 2. The number of carbonyl (C=O) groups is 1. The summed E-state index contributed by atoms with van der Waals surface area (Å²) in [5.74, 6) is 1.19. The zero-order valence-corrected chi connectivity index (χ0v) is 14.8. The fraction of sp³-hybridized carbons (Fsp3) is 0.588. The van der Waals surface area contributed by atoms with Crippen molar-refractivity contribution in [3.05, 3.63) is 28.2 Å². The first kappa shape index (κ1) is 17.6. The third kappa shape index (κ3) is 4.37. The molecule has 0 aliphatic heterocycles. The molecule has 1 fully saturated rings. The van der Waals surface area contributed by atoms with E-state index in [1.54, 1.807) is 18.2 Å². The van der Waals surface area contributed by atoms with E-state index in [2.05, 4.69) is 24.5 Å². The average molecular weight is 343 g/mol. The highest BCUT2D eigenvalue weighted by Crippen LogP contribution is 2.30. The van der Waals surface area contributed by atoms with Crippen LogP contribution in [0.25, 0.3) is 0 Å². The molecule has 0 unspecified atom stereocenters. The van der Waals surface area contributed by atoms with Crippen LogP contribution in [0.4, 0.5) is 5.69 Å². The molecule has 1 aromatic carbocycles. The molecule has 2 rings (SSSR count). The monoisotopic (exact) mass is 342 g/mol. The topological polar surface area (TPSA) is 41.1 Å². The molecule has 0 heterocycles. The summed E-state index contributed by atoms with van der Waals surface area (Å²) in [6.07, 6.45) is 3.62. The molecule has 0 radical (unpaired) electrons. The average Bonchev–Trinajstić information content (AvgIpc) is 2.47. The second-order valence-corrected chi connectivity index (χ2v) is 7.22. The van der Waals surface area contributed by atoms with E-state index in [-0.39, 0.29) is 11.9 Å². The standard InChI is InChI=1S/C17H24Cl2N2O/c1-10-5-4-6-15(11(10)2)20-12(3)17(22)21-16-9-13(18)7-8-14(16)19/h7-12,15,20H,4-6H2,1-3H3,(H,21,22)/t10-,11+,12-,15+/m0/s1. The van der Waals surface area contributed by atoms with Gasteiger partial charge in [-0.15, -0.1) is 0 Å². The molecule has 3 nitrogen and oxygen atoms in total. The lowest BCUT2D eigenvalue weighted by Gasteiger charge is -2.36. The Balaban J connectivity index is 1.96. The third-order valence-corrected chi connectivity index (χ3v) is 5.32. The summed E-state index contributed by atoms with van der Waals surface area (Å²) in [6.45, 7) is 6.44. The van der Waals surface area contributed by atoms with E-state index < -0.39 is 0 Å². The maximum Gasteiger partial charge on any atom is 0.241 e. The molecule has 2 N–H and O–H groups in total. The van der Waals surface area contributed by atoms with Gasteiger partial charge in [0.1, 0.15) is 0 Å². The number of anilines is 1. The zero-order chi connectivity index (χ0) is 16.3. The summed E-state index contributed by atoms with van der Waals surface area (Å²) >= 11 is 12.0. The molecule has 5 heteroatoms. The van der Waals surface area contributed by atoms with Gasteiger partial charge in [0.05, 0.1) is 16.8 Å². The minimum atomic E-state index is -0.271. The number of amides is 1. The van der Waals surface area contributed by atoms with Gasteiger partial charge < -0.3 is 10.6 Å². The van der Waals surface area contributed by atoms with E-state index in [0.29, 0.717) is 33.6 Å². The normalized spacial score (nSPS) is 26.5. The summed E-state index contributed by atoms with van der Waals surface area (Å²) in [4.78, 5) is 12.4. The van der Waals surface area contributed by atoms with Gasteiger partial charge in [-0.05, 0) is 43.4 Å². The Morgan fingerprint density at radius 2 is 2.00 bits per heavy atom. The maximum atomic E-state index is 12.4. The lowest BCUT2D eigenvalue weighted by Crippen LogP contribution is -2.49. The molecule has 4 atom stereocenters. The van der Waals surface area contributed by atoms with Gasteiger partial charge in [-0.2, -0.15) is 0 Å². The van der Waals surface area contributed by atoms with E-state index >= 15 is 0 Å². The largest absolute Gasteiger partial charge is 0.323 e. The zero-order valence-electron chi connectivity index (χ0n) is 13.3. The predicted octanol–water partition coefficient (Wildman–Crippen LogP) is 4.73. The van der Waals surface area contributed by atoms with Gasteiger partial charge in [0.2, 0.25) is 5.91 Å². The first-order valence-corrected chi connectivity index (χ1v) is 8.66. The number of benzene rings is 1. The van der Waals surface area contributed by atoms with E-state index in [9.17, 15) is 4.79 Å². The Bertz CT molecular complexity index is 535. The van der Waals surface area contributed by atoms with Gasteiger partial charge in [-0.3, -0.25) is 4.79 Å². The SMILES string of the molecule is C[C@@H]1[C@@H](C)CCC[C@H]1N[C@@H](C)C(=O)Nc1cc(Cl)ccc1Cl. The van der Waals surface area contributed by atoms with Crippen molar-refractivity contribution < 1.29 is 4.79 Å². The van der Waals surface area contributed by atoms with Crippen molar-refractivity contribution >= 4 is 34.8 Å². The molecule has 22 heavy (non-hydrogen) atoms. The Morgan fingerprint density at radius 1 is 1.27 bits per heavy atom. The fourth-order valence-electron chi connectivity index (χ4n) is 3.05. The highest BCUT2D eigenvalue weighted by atomic mass is 35.5. The van der Waals surface area contributed by atoms with Crippen LogP contribution in [0, 0.1) is 11.8 Å². The van der Waals surface area contributed by atoms with Gasteiger partial charge in [0.25, 0.3) is 0 Å². The van der Waals surface area contributed by atoms with Gasteiger partial charge in [0, 0.05) is 11.1 Å². The second kappa shape index (κ2) is 7.67. The van der Waals surface area contributed by atoms with Crippen molar-refractivity contribution in [3.8, 4) is 0 Å². The Labute approximate surface area is 142 Å². The van der Waals surface area contributed by atoms with Crippen LogP contribution in [-0.2, 0) is 4.79 Å². The van der Waals surface area contributed by atoms with Crippen LogP contribution in [0.1, 0.15) is 40.0 Å². The summed E-state index contributed by atoms with van der Waals surface area (Å²) in [5.41, 5.74) is 0.554. The molecule has 0 bridgehead atoms. The van der Waals surface area contributed by atoms with Crippen molar-refractivity contribution in [3.63, 3.8) is 0 Å². The van der Waals surface area contributed by atoms with Gasteiger partial charge >= 0.3 is 0 Å².